The van der Waals surface area contributed by atoms with Crippen LogP contribution >= 0.6 is 0 Å². The van der Waals surface area contributed by atoms with E-state index < -0.39 is 5.41 Å². The molecule has 0 bridgehead atoms. The summed E-state index contributed by atoms with van der Waals surface area (Å²) in [4.78, 5) is 5.07. The van der Waals surface area contributed by atoms with E-state index in [4.69, 9.17) is 9.73 Å². The lowest BCUT2D eigenvalue weighted by atomic mass is 9.65. The number of hydrogen-bond donors (Lipinski definition) is 1. The van der Waals surface area contributed by atoms with Gasteiger partial charge in [-0.1, -0.05) is 182 Å². The van der Waals surface area contributed by atoms with Gasteiger partial charge in [0.05, 0.1) is 16.5 Å². The number of ether oxygens (including phenoxy) is 1. The van der Waals surface area contributed by atoms with Gasteiger partial charge in [-0.2, -0.15) is 0 Å². The van der Waals surface area contributed by atoms with Gasteiger partial charge in [-0.05, 0) is 67.4 Å². The molecule has 2 heterocycles. The molecule has 3 aliphatic rings. The molecule has 0 aromatic heterocycles. The standard InChI is InChI=1S/C53H34N2O/c1-2-14-37(15-3-1)52-54-48-21-11-9-19-43(48)49(55-52)36-24-22-33(23-25-36)38-26-29-42-41-18-8-10-20-44(41)53(47(42)32-38)45-30-27-34-12-4-6-16-39(34)50(45)56-51-40-17-7-5-13-35(40)28-31-46(51)53/h1-32,52,55H. The van der Waals surface area contributed by atoms with Crippen molar-refractivity contribution in [1.29, 1.82) is 0 Å². The molecule has 0 amide bonds. The Morgan fingerprint density at radius 3 is 1.79 bits per heavy atom. The minimum atomic E-state index is -0.583. The molecule has 3 nitrogen and oxygen atoms in total. The monoisotopic (exact) mass is 714 g/mol. The summed E-state index contributed by atoms with van der Waals surface area (Å²) < 4.78 is 7.15. The van der Waals surface area contributed by atoms with Crippen LogP contribution in [0.15, 0.2) is 199 Å². The number of para-hydroxylation sites is 1. The molecule has 0 saturated carbocycles. The Labute approximate surface area is 324 Å². The molecule has 1 atom stereocenters. The van der Waals surface area contributed by atoms with Crippen LogP contribution in [0.5, 0.6) is 11.5 Å². The van der Waals surface area contributed by atoms with Crippen molar-refractivity contribution in [2.45, 2.75) is 11.6 Å². The molecular weight excluding hydrogens is 681 g/mol. The predicted molar refractivity (Wildman–Crippen MR) is 226 cm³/mol. The average molecular weight is 715 g/mol. The van der Waals surface area contributed by atoms with E-state index in [1.165, 1.54) is 55.3 Å². The Balaban J connectivity index is 1.06. The van der Waals surface area contributed by atoms with Gasteiger partial charge in [0.15, 0.2) is 0 Å². The van der Waals surface area contributed by atoms with Gasteiger partial charge in [0, 0.05) is 27.1 Å². The number of nitrogens with one attached hydrogen (secondary N) is 1. The summed E-state index contributed by atoms with van der Waals surface area (Å²) in [7, 11) is 0. The number of hydrogen-bond acceptors (Lipinski definition) is 3. The van der Waals surface area contributed by atoms with E-state index in [1.54, 1.807) is 0 Å². The third kappa shape index (κ3) is 4.37. The highest BCUT2D eigenvalue weighted by molar-refractivity contribution is 6.00. The van der Waals surface area contributed by atoms with Crippen LogP contribution in [0.25, 0.3) is 49.5 Å². The van der Waals surface area contributed by atoms with E-state index in [2.05, 4.69) is 193 Å². The third-order valence-electron chi connectivity index (χ3n) is 12.2. The van der Waals surface area contributed by atoms with Crippen LogP contribution < -0.4 is 20.6 Å². The normalized spacial score (nSPS) is 15.5. The van der Waals surface area contributed by atoms with Crippen LogP contribution in [0.4, 0.5) is 0 Å². The minimum absolute atomic E-state index is 0.158. The lowest BCUT2D eigenvalue weighted by molar-refractivity contribution is 0.447. The largest absolute Gasteiger partial charge is 0.455 e. The number of nitrogens with zero attached hydrogens (tertiary/aromatic N) is 1. The van der Waals surface area contributed by atoms with E-state index in [0.717, 1.165) is 49.7 Å². The fourth-order valence-corrected chi connectivity index (χ4v) is 9.63. The maximum Gasteiger partial charge on any atom is 0.145 e. The second-order valence-corrected chi connectivity index (χ2v) is 15.0. The topological polar surface area (TPSA) is 33.6 Å². The molecule has 12 rings (SSSR count). The lowest BCUT2D eigenvalue weighted by Gasteiger charge is -2.40. The number of rotatable bonds is 3. The van der Waals surface area contributed by atoms with Gasteiger partial charge in [-0.15, -0.1) is 0 Å². The third-order valence-corrected chi connectivity index (χ3v) is 12.2. The Bertz CT molecular complexity index is 3120. The van der Waals surface area contributed by atoms with Crippen molar-refractivity contribution in [3.05, 3.63) is 238 Å². The Kier molecular flexibility index (Phi) is 6.61. The minimum Gasteiger partial charge on any atom is -0.455 e. The Morgan fingerprint density at radius 1 is 0.446 bits per heavy atom. The van der Waals surface area contributed by atoms with Crippen molar-refractivity contribution in [1.82, 2.24) is 5.32 Å². The molecular formula is C53H34N2O. The second kappa shape index (κ2) is 11.9. The molecule has 1 spiro atoms. The van der Waals surface area contributed by atoms with Crippen molar-refractivity contribution in [2.24, 2.45) is 4.99 Å². The summed E-state index contributed by atoms with van der Waals surface area (Å²) in [5, 5.41) is 10.5. The molecule has 1 unspecified atom stereocenters. The maximum atomic E-state index is 7.15. The summed E-state index contributed by atoms with van der Waals surface area (Å²) >= 11 is 0. The summed E-state index contributed by atoms with van der Waals surface area (Å²) in [5.41, 5.74) is 12.6. The zero-order chi connectivity index (χ0) is 36.8. The highest BCUT2D eigenvalue weighted by atomic mass is 16.5. The molecule has 0 radical (unpaired) electrons. The Hall–Kier alpha value is -7.23. The van der Waals surface area contributed by atoms with Gasteiger partial charge in [0.25, 0.3) is 0 Å². The van der Waals surface area contributed by atoms with Crippen LogP contribution in [0, 0.1) is 0 Å². The van der Waals surface area contributed by atoms with Crippen molar-refractivity contribution >= 4 is 27.2 Å². The maximum absolute atomic E-state index is 7.15. The molecule has 9 aromatic carbocycles. The number of fused-ring (bicyclic) bond motifs is 14. The quantitative estimate of drug-likeness (QED) is 0.198. The molecule has 0 fully saturated rings. The SMILES string of the molecule is c1ccc(C2N=c3ccccc3=C(c3ccc(-c4ccc5c(c4)C4(c6ccccc6-5)c5ccc6ccccc6c5Oc5c4ccc4ccccc54)cc3)N2)cc1. The van der Waals surface area contributed by atoms with Gasteiger partial charge in [0.1, 0.15) is 17.7 Å². The lowest BCUT2D eigenvalue weighted by Crippen LogP contribution is -2.39. The summed E-state index contributed by atoms with van der Waals surface area (Å²) in [6.45, 7) is 0. The van der Waals surface area contributed by atoms with Gasteiger partial charge < -0.3 is 10.1 Å². The predicted octanol–water partition coefficient (Wildman–Crippen LogP) is 11.2. The van der Waals surface area contributed by atoms with E-state index in [9.17, 15) is 0 Å². The van der Waals surface area contributed by atoms with Crippen LogP contribution in [-0.2, 0) is 5.41 Å². The van der Waals surface area contributed by atoms with Gasteiger partial charge in [0.2, 0.25) is 0 Å². The first-order valence-electron chi connectivity index (χ1n) is 19.3. The van der Waals surface area contributed by atoms with Crippen LogP contribution in [0.3, 0.4) is 0 Å². The van der Waals surface area contributed by atoms with E-state index in [0.29, 0.717) is 0 Å². The van der Waals surface area contributed by atoms with E-state index >= 15 is 0 Å². The highest BCUT2D eigenvalue weighted by Gasteiger charge is 2.51. The average Bonchev–Trinajstić information content (AvgIpc) is 3.56. The summed E-state index contributed by atoms with van der Waals surface area (Å²) in [6, 6.07) is 70.3. The molecule has 2 aliphatic heterocycles. The molecule has 1 aliphatic carbocycles. The molecule has 0 saturated heterocycles. The van der Waals surface area contributed by atoms with E-state index in [-0.39, 0.29) is 6.17 Å². The fourth-order valence-electron chi connectivity index (χ4n) is 9.63. The fraction of sp³-hybridized carbons (Fsp3) is 0.0377. The van der Waals surface area contributed by atoms with Gasteiger partial charge >= 0.3 is 0 Å². The first-order chi connectivity index (χ1) is 27.8. The first kappa shape index (κ1) is 31.2. The van der Waals surface area contributed by atoms with Crippen LogP contribution in [0.2, 0.25) is 0 Å². The second-order valence-electron chi connectivity index (χ2n) is 15.0. The molecule has 262 valence electrons. The molecule has 9 aromatic rings. The summed E-state index contributed by atoms with van der Waals surface area (Å²) in [6.07, 6.45) is -0.158. The first-order valence-corrected chi connectivity index (χ1v) is 19.3. The highest BCUT2D eigenvalue weighted by Crippen LogP contribution is 2.64. The van der Waals surface area contributed by atoms with Crippen molar-refractivity contribution < 1.29 is 4.74 Å². The number of benzene rings is 9. The Morgan fingerprint density at radius 2 is 1.04 bits per heavy atom. The molecule has 1 N–H and O–H groups in total. The van der Waals surface area contributed by atoms with Gasteiger partial charge in [-0.25, -0.2) is 0 Å². The smallest absolute Gasteiger partial charge is 0.145 e. The van der Waals surface area contributed by atoms with Crippen LogP contribution in [-0.4, -0.2) is 0 Å². The van der Waals surface area contributed by atoms with Crippen molar-refractivity contribution in [3.63, 3.8) is 0 Å². The van der Waals surface area contributed by atoms with Crippen molar-refractivity contribution in [2.75, 3.05) is 0 Å². The zero-order valence-corrected chi connectivity index (χ0v) is 30.4. The van der Waals surface area contributed by atoms with Crippen LogP contribution in [0.1, 0.15) is 39.5 Å². The molecule has 3 heteroatoms. The zero-order valence-electron chi connectivity index (χ0n) is 30.4. The van der Waals surface area contributed by atoms with E-state index in [1.807, 2.05) is 6.07 Å². The van der Waals surface area contributed by atoms with Gasteiger partial charge in [-0.3, -0.25) is 4.99 Å². The van der Waals surface area contributed by atoms with Crippen molar-refractivity contribution in [3.8, 4) is 33.8 Å². The summed E-state index contributed by atoms with van der Waals surface area (Å²) in [5.74, 6) is 1.87. The molecule has 56 heavy (non-hydrogen) atoms.